The molecule has 0 saturated carbocycles. The third kappa shape index (κ3) is 5.35. The number of nitrogens with zero attached hydrogens (tertiary/aromatic N) is 2. The molecule has 0 aromatic heterocycles. The number of carbonyl (C=O) groups excluding carboxylic acids is 1. The smallest absolute Gasteiger partial charge is 0.339 e. The van der Waals surface area contributed by atoms with Gasteiger partial charge in [-0.1, -0.05) is 36.1 Å². The Hall–Kier alpha value is -3.49. The van der Waals surface area contributed by atoms with Crippen molar-refractivity contribution in [2.24, 2.45) is 0 Å². The molecule has 1 fully saturated rings. The summed E-state index contributed by atoms with van der Waals surface area (Å²) in [6.07, 6.45) is 1.45. The molecule has 34 heavy (non-hydrogen) atoms. The average molecular weight is 525 g/mol. The minimum absolute atomic E-state index is 0.0138. The van der Waals surface area contributed by atoms with Gasteiger partial charge < -0.3 is 14.0 Å². The van der Waals surface area contributed by atoms with Gasteiger partial charge >= 0.3 is 16.1 Å². The molecule has 1 N–H and O–H groups in total. The molecule has 1 aliphatic heterocycles. The Balaban J connectivity index is 1.89. The Bertz CT molecular complexity index is 1350. The van der Waals surface area contributed by atoms with Gasteiger partial charge in [0.15, 0.2) is 11.5 Å². The van der Waals surface area contributed by atoms with Crippen molar-refractivity contribution in [2.45, 2.75) is 11.8 Å². The van der Waals surface area contributed by atoms with Crippen molar-refractivity contribution in [3.63, 3.8) is 0 Å². The molecule has 2 aromatic rings. The van der Waals surface area contributed by atoms with Crippen LogP contribution in [0.1, 0.15) is 11.1 Å². The maximum atomic E-state index is 12.7. The third-order valence-corrected chi connectivity index (χ3v) is 7.13. The van der Waals surface area contributed by atoms with Crippen molar-refractivity contribution >= 4 is 62.1 Å². The predicted molar refractivity (Wildman–Crippen MR) is 126 cm³/mol. The van der Waals surface area contributed by atoms with Crippen molar-refractivity contribution in [3.8, 4) is 11.5 Å². The SMILES string of the molecule is COc1cc(/C=C2/SC(=S)N(CC(=O)O)C2=O)ccc1OS(=O)(=O)c1ccc(C)c([N+](=O)[O-])c1. The normalized spacial score (nSPS) is 15.0. The predicted octanol–water partition coefficient (Wildman–Crippen LogP) is 2.97. The van der Waals surface area contributed by atoms with Gasteiger partial charge in [0.1, 0.15) is 15.8 Å². The number of thioether (sulfide) groups is 1. The van der Waals surface area contributed by atoms with E-state index in [4.69, 9.17) is 26.2 Å². The number of aliphatic carboxylic acids is 1. The summed E-state index contributed by atoms with van der Waals surface area (Å²) in [6, 6.07) is 7.56. The molecule has 2 aromatic carbocycles. The van der Waals surface area contributed by atoms with E-state index in [1.165, 1.54) is 50.4 Å². The number of ether oxygens (including phenoxy) is 1. The molecule has 1 aliphatic rings. The van der Waals surface area contributed by atoms with Crippen molar-refractivity contribution in [3.05, 3.63) is 62.5 Å². The summed E-state index contributed by atoms with van der Waals surface area (Å²) < 4.78 is 35.8. The highest BCUT2D eigenvalue weighted by Gasteiger charge is 2.33. The molecule has 0 radical (unpaired) electrons. The number of nitro groups is 1. The van der Waals surface area contributed by atoms with Gasteiger partial charge in [-0.15, -0.1) is 0 Å². The molecular weight excluding hydrogens is 508 g/mol. The number of carboxylic acids is 1. The van der Waals surface area contributed by atoms with Gasteiger partial charge in [-0.3, -0.25) is 24.6 Å². The Morgan fingerprint density at radius 3 is 2.59 bits per heavy atom. The second kappa shape index (κ2) is 9.79. The summed E-state index contributed by atoms with van der Waals surface area (Å²) in [7, 11) is -3.15. The lowest BCUT2D eigenvalue weighted by molar-refractivity contribution is -0.385. The van der Waals surface area contributed by atoms with E-state index in [0.29, 0.717) is 11.1 Å². The van der Waals surface area contributed by atoms with Crippen LogP contribution in [-0.2, 0) is 19.7 Å². The summed E-state index contributed by atoms with van der Waals surface area (Å²) >= 11 is 5.98. The molecular formula is C20H16N2O9S3. The van der Waals surface area contributed by atoms with Crippen LogP contribution >= 0.6 is 24.0 Å². The first kappa shape index (κ1) is 25.1. The number of nitro benzene ring substituents is 1. The first-order chi connectivity index (χ1) is 15.9. The van der Waals surface area contributed by atoms with Crippen LogP contribution in [0.25, 0.3) is 6.08 Å². The maximum absolute atomic E-state index is 12.7. The van der Waals surface area contributed by atoms with Crippen molar-refractivity contribution in [2.75, 3.05) is 13.7 Å². The number of rotatable bonds is 8. The van der Waals surface area contributed by atoms with E-state index in [2.05, 4.69) is 0 Å². The fraction of sp³-hybridized carbons (Fsp3) is 0.150. The number of hydrogen-bond acceptors (Lipinski definition) is 10. The Labute approximate surface area is 203 Å². The lowest BCUT2D eigenvalue weighted by atomic mass is 10.2. The zero-order valence-corrected chi connectivity index (χ0v) is 20.0. The Kier molecular flexibility index (Phi) is 7.24. The van der Waals surface area contributed by atoms with Gasteiger partial charge in [0.05, 0.1) is 16.9 Å². The minimum atomic E-state index is -4.43. The van der Waals surface area contributed by atoms with E-state index in [9.17, 15) is 28.1 Å². The number of thiocarbonyl (C=S) groups is 1. The van der Waals surface area contributed by atoms with E-state index >= 15 is 0 Å². The summed E-state index contributed by atoms with van der Waals surface area (Å²) in [5.74, 6) is -1.94. The van der Waals surface area contributed by atoms with Gasteiger partial charge in [0, 0.05) is 11.6 Å². The van der Waals surface area contributed by atoms with E-state index in [-0.39, 0.29) is 26.4 Å². The molecule has 0 atom stereocenters. The number of methoxy groups -OCH3 is 1. The molecule has 0 bridgehead atoms. The maximum Gasteiger partial charge on any atom is 0.339 e. The molecule has 1 saturated heterocycles. The van der Waals surface area contributed by atoms with Crippen LogP contribution in [0.2, 0.25) is 0 Å². The zero-order valence-electron chi connectivity index (χ0n) is 17.6. The highest BCUT2D eigenvalue weighted by atomic mass is 32.2. The standard InChI is InChI=1S/C20H16N2O9S3/c1-11-3-5-13(9-14(11)22(26)27)34(28,29)31-15-6-4-12(7-16(15)30-2)8-17-19(25)21(10-18(23)24)20(32)33-17/h3-9H,10H2,1-2H3,(H,23,24)/b17-8+. The number of carboxylic acid groups (broad SMARTS) is 1. The van der Waals surface area contributed by atoms with Gasteiger partial charge in [-0.05, 0) is 36.8 Å². The van der Waals surface area contributed by atoms with Crippen LogP contribution in [0.5, 0.6) is 11.5 Å². The highest BCUT2D eigenvalue weighted by molar-refractivity contribution is 8.26. The van der Waals surface area contributed by atoms with Crippen LogP contribution < -0.4 is 8.92 Å². The molecule has 1 heterocycles. The molecule has 1 amide bonds. The second-order valence-corrected chi connectivity index (χ2v) is 10.0. The minimum Gasteiger partial charge on any atom is -0.493 e. The molecule has 3 rings (SSSR count). The molecule has 14 heteroatoms. The number of aryl methyl sites for hydroxylation is 1. The average Bonchev–Trinajstić information content (AvgIpc) is 3.01. The number of hydrogen-bond donors (Lipinski definition) is 1. The fourth-order valence-electron chi connectivity index (χ4n) is 2.87. The van der Waals surface area contributed by atoms with E-state index < -0.39 is 38.4 Å². The van der Waals surface area contributed by atoms with Gasteiger partial charge in [-0.25, -0.2) is 0 Å². The van der Waals surface area contributed by atoms with Crippen LogP contribution in [0.15, 0.2) is 46.2 Å². The molecule has 0 aliphatic carbocycles. The summed E-state index contributed by atoms with van der Waals surface area (Å²) in [5, 5.41) is 20.1. The highest BCUT2D eigenvalue weighted by Crippen LogP contribution is 2.36. The summed E-state index contributed by atoms with van der Waals surface area (Å²) in [6.45, 7) is 0.916. The van der Waals surface area contributed by atoms with Crippen molar-refractivity contribution in [1.82, 2.24) is 4.90 Å². The molecule has 11 nitrogen and oxygen atoms in total. The van der Waals surface area contributed by atoms with Crippen molar-refractivity contribution in [1.29, 1.82) is 0 Å². The van der Waals surface area contributed by atoms with Gasteiger partial charge in [0.25, 0.3) is 11.6 Å². The first-order valence-corrected chi connectivity index (χ1v) is 11.9. The monoisotopic (exact) mass is 524 g/mol. The summed E-state index contributed by atoms with van der Waals surface area (Å²) in [4.78, 5) is 34.5. The number of benzene rings is 2. The topological polar surface area (TPSA) is 153 Å². The van der Waals surface area contributed by atoms with E-state index in [0.717, 1.165) is 22.7 Å². The van der Waals surface area contributed by atoms with E-state index in [1.54, 1.807) is 0 Å². The van der Waals surface area contributed by atoms with Crippen LogP contribution in [-0.4, -0.2) is 53.2 Å². The molecule has 0 spiro atoms. The van der Waals surface area contributed by atoms with E-state index in [1.807, 2.05) is 0 Å². The third-order valence-electron chi connectivity index (χ3n) is 4.52. The molecule has 178 valence electrons. The van der Waals surface area contributed by atoms with Gasteiger partial charge in [-0.2, -0.15) is 8.42 Å². The van der Waals surface area contributed by atoms with Crippen molar-refractivity contribution < 1.29 is 37.0 Å². The first-order valence-electron chi connectivity index (χ1n) is 9.27. The quantitative estimate of drug-likeness (QED) is 0.178. The lowest BCUT2D eigenvalue weighted by Gasteiger charge is -2.12. The fourth-order valence-corrected chi connectivity index (χ4v) is 5.09. The number of carbonyl (C=O) groups is 2. The largest absolute Gasteiger partial charge is 0.493 e. The second-order valence-electron chi connectivity index (χ2n) is 6.81. The van der Waals surface area contributed by atoms with Crippen LogP contribution in [0, 0.1) is 17.0 Å². The van der Waals surface area contributed by atoms with Gasteiger partial charge in [0.2, 0.25) is 0 Å². The Morgan fingerprint density at radius 2 is 1.97 bits per heavy atom. The Morgan fingerprint density at radius 1 is 1.26 bits per heavy atom. The van der Waals surface area contributed by atoms with Crippen LogP contribution in [0.4, 0.5) is 5.69 Å². The number of amides is 1. The lowest BCUT2D eigenvalue weighted by Crippen LogP contribution is -2.33. The van der Waals surface area contributed by atoms with Crippen LogP contribution in [0.3, 0.4) is 0 Å². The summed E-state index contributed by atoms with van der Waals surface area (Å²) in [5.41, 5.74) is 0.357. The zero-order chi connectivity index (χ0) is 25.2. The molecule has 0 unspecified atom stereocenters.